The molecular formula is C20H17N3O2S. The number of rotatable bonds is 3. The van der Waals surface area contributed by atoms with Crippen molar-refractivity contribution >= 4 is 15.5 Å². The summed E-state index contributed by atoms with van der Waals surface area (Å²) in [5.74, 6) is 0. The molecule has 6 heteroatoms. The summed E-state index contributed by atoms with van der Waals surface area (Å²) < 4.78 is 25.0. The van der Waals surface area contributed by atoms with Crippen molar-refractivity contribution in [3.8, 4) is 22.3 Å². The summed E-state index contributed by atoms with van der Waals surface area (Å²) in [4.78, 5) is 4.87. The molecule has 0 aliphatic carbocycles. The van der Waals surface area contributed by atoms with Crippen LogP contribution in [0.2, 0.25) is 0 Å². The number of sulfone groups is 1. The first-order chi connectivity index (χ1) is 12.4. The lowest BCUT2D eigenvalue weighted by atomic mass is 10.1. The normalized spacial score (nSPS) is 11.8. The summed E-state index contributed by atoms with van der Waals surface area (Å²) in [6.07, 6.45) is 6.72. The Morgan fingerprint density at radius 3 is 2.15 bits per heavy atom. The Morgan fingerprint density at radius 2 is 1.50 bits per heavy atom. The van der Waals surface area contributed by atoms with Gasteiger partial charge in [0.25, 0.3) is 0 Å². The van der Waals surface area contributed by atoms with Crippen LogP contribution in [0.3, 0.4) is 0 Å². The molecule has 0 N–H and O–H groups in total. The van der Waals surface area contributed by atoms with E-state index in [1.165, 1.54) is 11.8 Å². The molecule has 0 saturated carbocycles. The van der Waals surface area contributed by atoms with Gasteiger partial charge in [-0.05, 0) is 30.2 Å². The lowest BCUT2D eigenvalue weighted by molar-refractivity contribution is 0.602. The molecule has 0 spiro atoms. The quantitative estimate of drug-likeness (QED) is 0.556. The lowest BCUT2D eigenvalue weighted by Crippen LogP contribution is -1.96. The van der Waals surface area contributed by atoms with Gasteiger partial charge in [0.1, 0.15) is 0 Å². The van der Waals surface area contributed by atoms with Gasteiger partial charge in [0, 0.05) is 29.8 Å². The number of fused-ring (bicyclic) bond motifs is 1. The van der Waals surface area contributed by atoms with Gasteiger partial charge in [0.2, 0.25) is 0 Å². The first-order valence-corrected chi connectivity index (χ1v) is 10.0. The molecule has 0 aliphatic heterocycles. The fraction of sp³-hybridized carbons (Fsp3) is 0.100. The van der Waals surface area contributed by atoms with Crippen molar-refractivity contribution in [2.45, 2.75) is 11.8 Å². The molecule has 4 rings (SSSR count). The minimum Gasteiger partial charge on any atom is -0.236 e. The maximum atomic E-state index is 11.6. The molecule has 130 valence electrons. The summed E-state index contributed by atoms with van der Waals surface area (Å²) >= 11 is 0. The van der Waals surface area contributed by atoms with Gasteiger partial charge >= 0.3 is 0 Å². The molecule has 0 aliphatic rings. The number of hydrogen-bond donors (Lipinski definition) is 0. The van der Waals surface area contributed by atoms with Crippen molar-refractivity contribution in [2.24, 2.45) is 0 Å². The van der Waals surface area contributed by atoms with E-state index in [1.807, 2.05) is 12.4 Å². The first-order valence-electron chi connectivity index (χ1n) is 8.13. The van der Waals surface area contributed by atoms with Crippen LogP contribution in [0, 0.1) is 6.92 Å². The molecule has 0 unspecified atom stereocenters. The predicted octanol–water partition coefficient (Wildman–Crippen LogP) is 3.78. The Balaban J connectivity index is 1.75. The fourth-order valence-electron chi connectivity index (χ4n) is 2.86. The van der Waals surface area contributed by atoms with Crippen molar-refractivity contribution < 1.29 is 8.42 Å². The zero-order chi connectivity index (χ0) is 18.3. The Kier molecular flexibility index (Phi) is 3.85. The largest absolute Gasteiger partial charge is 0.236 e. The zero-order valence-corrected chi connectivity index (χ0v) is 15.2. The van der Waals surface area contributed by atoms with Crippen LogP contribution in [0.5, 0.6) is 0 Å². The highest BCUT2D eigenvalue weighted by Gasteiger charge is 2.11. The molecule has 0 saturated heterocycles. The number of benzene rings is 2. The van der Waals surface area contributed by atoms with E-state index in [0.29, 0.717) is 4.90 Å². The predicted molar refractivity (Wildman–Crippen MR) is 102 cm³/mol. The second-order valence-electron chi connectivity index (χ2n) is 6.33. The van der Waals surface area contributed by atoms with Gasteiger partial charge in [-0.15, -0.1) is 0 Å². The second kappa shape index (κ2) is 6.07. The van der Waals surface area contributed by atoms with Crippen LogP contribution in [-0.4, -0.2) is 29.3 Å². The molecule has 0 radical (unpaired) electrons. The Labute approximate surface area is 151 Å². The van der Waals surface area contributed by atoms with E-state index >= 15 is 0 Å². The summed E-state index contributed by atoms with van der Waals surface area (Å²) in [5.41, 5.74) is 5.75. The smallest absolute Gasteiger partial charge is 0.175 e. The average molecular weight is 363 g/mol. The van der Waals surface area contributed by atoms with Crippen LogP contribution >= 0.6 is 0 Å². The molecule has 2 aromatic carbocycles. The van der Waals surface area contributed by atoms with Crippen molar-refractivity contribution in [2.75, 3.05) is 6.26 Å². The standard InChI is InChI=1S/C20H17N3O2S/c1-14-3-5-15(6-4-14)17-11-21-20-19(12-22-23(20)13-17)16-7-9-18(10-8-16)26(2,24)25/h3-13H,1-2H3. The molecule has 0 fully saturated rings. The number of hydrogen-bond acceptors (Lipinski definition) is 4. The minimum absolute atomic E-state index is 0.298. The lowest BCUT2D eigenvalue weighted by Gasteiger charge is -2.04. The highest BCUT2D eigenvalue weighted by molar-refractivity contribution is 7.90. The van der Waals surface area contributed by atoms with Gasteiger partial charge in [-0.2, -0.15) is 5.10 Å². The molecule has 5 nitrogen and oxygen atoms in total. The van der Waals surface area contributed by atoms with Gasteiger partial charge in [-0.25, -0.2) is 17.9 Å². The summed E-state index contributed by atoms with van der Waals surface area (Å²) in [6.45, 7) is 2.06. The van der Waals surface area contributed by atoms with Crippen molar-refractivity contribution in [3.05, 3.63) is 72.7 Å². The van der Waals surface area contributed by atoms with Crippen molar-refractivity contribution in [3.63, 3.8) is 0 Å². The van der Waals surface area contributed by atoms with E-state index in [-0.39, 0.29) is 0 Å². The number of aryl methyl sites for hydroxylation is 1. The maximum Gasteiger partial charge on any atom is 0.175 e. The Bertz CT molecular complexity index is 1190. The zero-order valence-electron chi connectivity index (χ0n) is 14.4. The molecular weight excluding hydrogens is 346 g/mol. The van der Waals surface area contributed by atoms with E-state index in [4.69, 9.17) is 0 Å². The van der Waals surface area contributed by atoms with Crippen LogP contribution in [0.1, 0.15) is 5.56 Å². The number of nitrogens with zero attached hydrogens (tertiary/aromatic N) is 3. The first kappa shape index (κ1) is 16.5. The molecule has 26 heavy (non-hydrogen) atoms. The van der Waals surface area contributed by atoms with Crippen molar-refractivity contribution in [1.29, 1.82) is 0 Å². The molecule has 4 aromatic rings. The number of aromatic nitrogens is 3. The third-order valence-electron chi connectivity index (χ3n) is 4.33. The molecule has 0 amide bonds. The topological polar surface area (TPSA) is 64.3 Å². The summed E-state index contributed by atoms with van der Waals surface area (Å²) in [7, 11) is -3.21. The third-order valence-corrected chi connectivity index (χ3v) is 5.46. The second-order valence-corrected chi connectivity index (χ2v) is 8.35. The summed E-state index contributed by atoms with van der Waals surface area (Å²) in [6, 6.07) is 15.0. The van der Waals surface area contributed by atoms with E-state index in [2.05, 4.69) is 41.3 Å². The summed E-state index contributed by atoms with van der Waals surface area (Å²) in [5, 5.41) is 4.41. The highest BCUT2D eigenvalue weighted by atomic mass is 32.2. The molecule has 2 aromatic heterocycles. The van der Waals surface area contributed by atoms with Gasteiger partial charge < -0.3 is 0 Å². The van der Waals surface area contributed by atoms with Crippen molar-refractivity contribution in [1.82, 2.24) is 14.6 Å². The molecule has 0 bridgehead atoms. The third kappa shape index (κ3) is 2.99. The van der Waals surface area contributed by atoms with Gasteiger partial charge in [0.15, 0.2) is 15.5 Å². The van der Waals surface area contributed by atoms with Crippen LogP contribution in [0.4, 0.5) is 0 Å². The molecule has 2 heterocycles. The van der Waals surface area contributed by atoms with Crippen LogP contribution < -0.4 is 0 Å². The van der Waals surface area contributed by atoms with Crippen LogP contribution in [0.15, 0.2) is 72.0 Å². The van der Waals surface area contributed by atoms with E-state index in [0.717, 1.165) is 27.9 Å². The van der Waals surface area contributed by atoms with E-state index in [9.17, 15) is 8.42 Å². The van der Waals surface area contributed by atoms with E-state index < -0.39 is 9.84 Å². The van der Waals surface area contributed by atoms with Gasteiger partial charge in [-0.3, -0.25) is 0 Å². The fourth-order valence-corrected chi connectivity index (χ4v) is 3.49. The minimum atomic E-state index is -3.21. The SMILES string of the molecule is Cc1ccc(-c2cnc3c(-c4ccc(S(C)(=O)=O)cc4)cnn3c2)cc1. The maximum absolute atomic E-state index is 11.6. The van der Waals surface area contributed by atoms with Crippen LogP contribution in [-0.2, 0) is 9.84 Å². The van der Waals surface area contributed by atoms with E-state index in [1.54, 1.807) is 35.0 Å². The Morgan fingerprint density at radius 1 is 0.846 bits per heavy atom. The molecule has 0 atom stereocenters. The van der Waals surface area contributed by atoms with Crippen LogP contribution in [0.25, 0.3) is 27.9 Å². The average Bonchev–Trinajstić information content (AvgIpc) is 3.05. The van der Waals surface area contributed by atoms with Gasteiger partial charge in [0.05, 0.1) is 11.1 Å². The monoisotopic (exact) mass is 363 g/mol. The Hall–Kier alpha value is -2.99. The highest BCUT2D eigenvalue weighted by Crippen LogP contribution is 2.26. The van der Waals surface area contributed by atoms with Gasteiger partial charge in [-0.1, -0.05) is 42.0 Å².